The number of rotatable bonds is 4. The molecule has 3 aromatic heterocycles. The third kappa shape index (κ3) is 3.56. The number of aromatic nitrogens is 4. The number of carbonyl (C=O) groups is 1. The molecule has 0 saturated heterocycles. The second kappa shape index (κ2) is 7.96. The van der Waals surface area contributed by atoms with Crippen LogP contribution in [0.15, 0.2) is 85.2 Å². The van der Waals surface area contributed by atoms with Crippen LogP contribution in [0.4, 0.5) is 11.5 Å². The van der Waals surface area contributed by atoms with Gasteiger partial charge in [0.1, 0.15) is 11.3 Å². The Kier molecular flexibility index (Phi) is 4.84. The van der Waals surface area contributed by atoms with Crippen molar-refractivity contribution in [2.75, 3.05) is 11.1 Å². The summed E-state index contributed by atoms with van der Waals surface area (Å²) in [6.45, 7) is 2.01. The van der Waals surface area contributed by atoms with Crippen molar-refractivity contribution >= 4 is 28.6 Å². The number of amides is 1. The van der Waals surface area contributed by atoms with Crippen LogP contribution in [0.25, 0.3) is 28.2 Å². The third-order valence-corrected chi connectivity index (χ3v) is 5.19. The van der Waals surface area contributed by atoms with E-state index in [0.717, 1.165) is 22.5 Å². The van der Waals surface area contributed by atoms with E-state index in [1.165, 1.54) is 0 Å². The minimum atomic E-state index is -0.175. The quantitative estimate of drug-likeness (QED) is 0.442. The van der Waals surface area contributed by atoms with Crippen molar-refractivity contribution < 1.29 is 4.79 Å². The van der Waals surface area contributed by atoms with E-state index in [2.05, 4.69) is 15.3 Å². The molecule has 7 nitrogen and oxygen atoms in total. The molecule has 0 unspecified atom stereocenters. The third-order valence-electron chi connectivity index (χ3n) is 5.19. The average Bonchev–Trinajstić information content (AvgIpc) is 3.20. The second-order valence-corrected chi connectivity index (χ2v) is 7.42. The molecule has 5 rings (SSSR count). The van der Waals surface area contributed by atoms with Crippen LogP contribution in [0.1, 0.15) is 15.9 Å². The predicted molar refractivity (Wildman–Crippen MR) is 126 cm³/mol. The molecule has 0 spiro atoms. The fraction of sp³-hybridized carbons (Fsp3) is 0.0400. The molecule has 2 aromatic carbocycles. The Bertz CT molecular complexity index is 1420. The van der Waals surface area contributed by atoms with Crippen LogP contribution >= 0.6 is 0 Å². The topological polar surface area (TPSA) is 98.7 Å². The van der Waals surface area contributed by atoms with Gasteiger partial charge in [-0.25, -0.2) is 15.0 Å². The normalized spacial score (nSPS) is 10.9. The Hall–Kier alpha value is -4.52. The van der Waals surface area contributed by atoms with Gasteiger partial charge >= 0.3 is 0 Å². The van der Waals surface area contributed by atoms with Gasteiger partial charge < -0.3 is 11.1 Å². The van der Waals surface area contributed by atoms with E-state index < -0.39 is 0 Å². The molecule has 0 aliphatic heterocycles. The van der Waals surface area contributed by atoms with Gasteiger partial charge in [-0.3, -0.25) is 9.36 Å². The molecule has 156 valence electrons. The fourth-order valence-corrected chi connectivity index (χ4v) is 3.55. The number of hydrogen-bond acceptors (Lipinski definition) is 5. The highest BCUT2D eigenvalue weighted by atomic mass is 16.1. The second-order valence-electron chi connectivity index (χ2n) is 7.42. The summed E-state index contributed by atoms with van der Waals surface area (Å²) in [5, 5.41) is 2.92. The minimum absolute atomic E-state index is 0.175. The van der Waals surface area contributed by atoms with Crippen molar-refractivity contribution in [3.63, 3.8) is 0 Å². The Morgan fingerprint density at radius 2 is 1.62 bits per heavy atom. The lowest BCUT2D eigenvalue weighted by Crippen LogP contribution is -2.12. The van der Waals surface area contributed by atoms with Gasteiger partial charge in [0.15, 0.2) is 11.5 Å². The number of pyridine rings is 2. The van der Waals surface area contributed by atoms with Crippen LogP contribution < -0.4 is 11.1 Å². The number of anilines is 2. The molecule has 0 radical (unpaired) electrons. The SMILES string of the molecule is Cc1ccc(NC(=O)c2ccc(-n3c(-c4cccnc4N)nc4cccnc43)cc2)cc1. The van der Waals surface area contributed by atoms with E-state index in [1.54, 1.807) is 24.5 Å². The van der Waals surface area contributed by atoms with Gasteiger partial charge in [-0.2, -0.15) is 0 Å². The predicted octanol–water partition coefficient (Wildman–Crippen LogP) is 4.63. The zero-order chi connectivity index (χ0) is 22.1. The van der Waals surface area contributed by atoms with Crippen molar-refractivity contribution in [1.82, 2.24) is 19.5 Å². The van der Waals surface area contributed by atoms with E-state index in [1.807, 2.05) is 72.2 Å². The number of nitrogens with two attached hydrogens (primary N) is 1. The monoisotopic (exact) mass is 420 g/mol. The number of fused-ring (bicyclic) bond motifs is 1. The standard InChI is InChI=1S/C25H20N6O/c1-16-6-10-18(11-7-16)29-25(32)17-8-12-19(13-9-17)31-23(20-4-2-14-27-22(20)26)30-21-5-3-15-28-24(21)31/h2-15H,1H3,(H2,26,27)(H,29,32). The lowest BCUT2D eigenvalue weighted by atomic mass is 10.1. The number of nitrogens with one attached hydrogen (secondary N) is 1. The molecule has 0 saturated carbocycles. The first-order valence-corrected chi connectivity index (χ1v) is 10.1. The summed E-state index contributed by atoms with van der Waals surface area (Å²) < 4.78 is 1.92. The van der Waals surface area contributed by atoms with Crippen LogP contribution in [0.2, 0.25) is 0 Å². The molecular weight excluding hydrogens is 400 g/mol. The van der Waals surface area contributed by atoms with Crippen LogP contribution in [0, 0.1) is 6.92 Å². The van der Waals surface area contributed by atoms with Crippen molar-refractivity contribution in [1.29, 1.82) is 0 Å². The van der Waals surface area contributed by atoms with Crippen LogP contribution in [0.5, 0.6) is 0 Å². The number of imidazole rings is 1. The summed E-state index contributed by atoms with van der Waals surface area (Å²) in [4.78, 5) is 26.1. The van der Waals surface area contributed by atoms with Gasteiger partial charge in [0.25, 0.3) is 5.91 Å². The number of nitrogens with zero attached hydrogens (tertiary/aromatic N) is 4. The first-order valence-electron chi connectivity index (χ1n) is 10.1. The van der Waals surface area contributed by atoms with Gasteiger partial charge in [0.05, 0.1) is 5.56 Å². The molecule has 0 fully saturated rings. The molecule has 0 aliphatic rings. The molecule has 5 aromatic rings. The van der Waals surface area contributed by atoms with Crippen LogP contribution in [0.3, 0.4) is 0 Å². The summed E-state index contributed by atoms with van der Waals surface area (Å²) in [7, 11) is 0. The first kappa shape index (κ1) is 19.4. The highest BCUT2D eigenvalue weighted by Gasteiger charge is 2.18. The molecule has 3 heterocycles. The lowest BCUT2D eigenvalue weighted by molar-refractivity contribution is 0.102. The van der Waals surface area contributed by atoms with Gasteiger partial charge in [-0.05, 0) is 67.6 Å². The van der Waals surface area contributed by atoms with Crippen molar-refractivity contribution in [3.05, 3.63) is 96.3 Å². The lowest BCUT2D eigenvalue weighted by Gasteiger charge is -2.11. The number of carbonyl (C=O) groups excluding carboxylic acids is 1. The zero-order valence-corrected chi connectivity index (χ0v) is 17.4. The molecule has 3 N–H and O–H groups in total. The smallest absolute Gasteiger partial charge is 0.255 e. The van der Waals surface area contributed by atoms with Crippen LogP contribution in [-0.2, 0) is 0 Å². The Labute approximate surface area is 184 Å². The van der Waals surface area contributed by atoms with Gasteiger partial charge in [-0.15, -0.1) is 0 Å². The number of aryl methyl sites for hydroxylation is 1. The van der Waals surface area contributed by atoms with E-state index in [-0.39, 0.29) is 5.91 Å². The number of hydrogen-bond donors (Lipinski definition) is 2. The summed E-state index contributed by atoms with van der Waals surface area (Å²) in [6, 6.07) is 22.4. The summed E-state index contributed by atoms with van der Waals surface area (Å²) in [5.41, 5.74) is 11.5. The Morgan fingerprint density at radius 1 is 0.906 bits per heavy atom. The van der Waals surface area contributed by atoms with Gasteiger partial charge in [0.2, 0.25) is 0 Å². The molecule has 0 bridgehead atoms. The zero-order valence-electron chi connectivity index (χ0n) is 17.4. The largest absolute Gasteiger partial charge is 0.383 e. The average molecular weight is 420 g/mol. The van der Waals surface area contributed by atoms with Crippen molar-refractivity contribution in [3.8, 4) is 17.1 Å². The Morgan fingerprint density at radius 3 is 2.38 bits per heavy atom. The molecule has 1 amide bonds. The Balaban J connectivity index is 1.53. The van der Waals surface area contributed by atoms with E-state index in [4.69, 9.17) is 10.7 Å². The summed E-state index contributed by atoms with van der Waals surface area (Å²) in [5.74, 6) is 0.852. The van der Waals surface area contributed by atoms with Gasteiger partial charge in [0, 0.05) is 29.3 Å². The summed E-state index contributed by atoms with van der Waals surface area (Å²) in [6.07, 6.45) is 3.37. The minimum Gasteiger partial charge on any atom is -0.383 e. The first-order chi connectivity index (χ1) is 15.6. The molecular formula is C25H20N6O. The fourth-order valence-electron chi connectivity index (χ4n) is 3.55. The van der Waals surface area contributed by atoms with Crippen LogP contribution in [-0.4, -0.2) is 25.4 Å². The molecule has 7 heteroatoms. The molecule has 0 atom stereocenters. The number of nitrogen functional groups attached to an aromatic ring is 1. The maximum absolute atomic E-state index is 12.7. The maximum Gasteiger partial charge on any atom is 0.255 e. The van der Waals surface area contributed by atoms with Gasteiger partial charge in [-0.1, -0.05) is 17.7 Å². The number of benzene rings is 2. The molecule has 32 heavy (non-hydrogen) atoms. The highest BCUT2D eigenvalue weighted by Crippen LogP contribution is 2.30. The van der Waals surface area contributed by atoms with E-state index in [0.29, 0.717) is 28.4 Å². The molecule has 0 aliphatic carbocycles. The van der Waals surface area contributed by atoms with Crippen molar-refractivity contribution in [2.24, 2.45) is 0 Å². The highest BCUT2D eigenvalue weighted by molar-refractivity contribution is 6.04. The summed E-state index contributed by atoms with van der Waals surface area (Å²) >= 11 is 0. The van der Waals surface area contributed by atoms with E-state index in [9.17, 15) is 4.79 Å². The van der Waals surface area contributed by atoms with Crippen molar-refractivity contribution in [2.45, 2.75) is 6.92 Å². The van der Waals surface area contributed by atoms with E-state index >= 15 is 0 Å². The maximum atomic E-state index is 12.7.